The van der Waals surface area contributed by atoms with E-state index in [1.54, 1.807) is 0 Å². The quantitative estimate of drug-likeness (QED) is 0.526. The minimum absolute atomic E-state index is 0.0325. The van der Waals surface area contributed by atoms with Crippen molar-refractivity contribution in [3.8, 4) is 0 Å². The summed E-state index contributed by atoms with van der Waals surface area (Å²) in [7, 11) is 0. The second-order valence-corrected chi connectivity index (χ2v) is 5.72. The van der Waals surface area contributed by atoms with Gasteiger partial charge >= 0.3 is 0 Å². The van der Waals surface area contributed by atoms with Gasteiger partial charge < -0.3 is 5.73 Å². The molecule has 1 fully saturated rings. The molecular weight excluding hydrogens is 210 g/mol. The summed E-state index contributed by atoms with van der Waals surface area (Å²) in [6.07, 6.45) is 14.4. The Morgan fingerprint density at radius 1 is 1.00 bits per heavy atom. The van der Waals surface area contributed by atoms with Crippen molar-refractivity contribution in [3.05, 3.63) is 0 Å². The largest absolute Gasteiger partial charge is 0.369 e. The highest BCUT2D eigenvalue weighted by atomic mass is 16.1. The Morgan fingerprint density at radius 3 is 2.12 bits per heavy atom. The van der Waals surface area contributed by atoms with Crippen molar-refractivity contribution in [2.75, 3.05) is 0 Å². The molecule has 0 bridgehead atoms. The number of nitrogens with two attached hydrogens (primary N) is 1. The first-order valence-corrected chi connectivity index (χ1v) is 7.51. The highest BCUT2D eigenvalue weighted by Gasteiger charge is 2.35. The predicted molar refractivity (Wildman–Crippen MR) is 72.7 cm³/mol. The van der Waals surface area contributed by atoms with Gasteiger partial charge in [-0.15, -0.1) is 0 Å². The van der Waals surface area contributed by atoms with Gasteiger partial charge in [0.05, 0.1) is 0 Å². The Bertz CT molecular complexity index is 217. The van der Waals surface area contributed by atoms with Gasteiger partial charge in [-0.2, -0.15) is 0 Å². The number of hydrogen-bond donors (Lipinski definition) is 1. The lowest BCUT2D eigenvalue weighted by atomic mass is 9.75. The molecule has 1 rings (SSSR count). The van der Waals surface area contributed by atoms with Crippen molar-refractivity contribution >= 4 is 5.91 Å². The molecule has 0 aromatic heterocycles. The maximum Gasteiger partial charge on any atom is 0.223 e. The van der Waals surface area contributed by atoms with Crippen LogP contribution in [0.4, 0.5) is 0 Å². The summed E-state index contributed by atoms with van der Waals surface area (Å²) in [4.78, 5) is 11.8. The number of hydrogen-bond acceptors (Lipinski definition) is 1. The molecule has 0 radical (unpaired) electrons. The summed E-state index contributed by atoms with van der Waals surface area (Å²) >= 11 is 0. The predicted octanol–water partition coefficient (Wildman–Crippen LogP) is 4.17. The molecule has 2 N–H and O–H groups in total. The maximum atomic E-state index is 11.8. The summed E-state index contributed by atoms with van der Waals surface area (Å²) in [5.74, 6) is -0.0325. The molecule has 0 aromatic carbocycles. The van der Waals surface area contributed by atoms with Crippen molar-refractivity contribution < 1.29 is 4.79 Å². The molecule has 0 heterocycles. The number of carbonyl (C=O) groups is 1. The van der Waals surface area contributed by atoms with Gasteiger partial charge in [-0.25, -0.2) is 0 Å². The molecule has 2 nitrogen and oxygen atoms in total. The van der Waals surface area contributed by atoms with Gasteiger partial charge in [0.25, 0.3) is 0 Å². The maximum absolute atomic E-state index is 11.8. The Hall–Kier alpha value is -0.530. The van der Waals surface area contributed by atoms with Crippen LogP contribution in [-0.2, 0) is 4.79 Å². The van der Waals surface area contributed by atoms with Crippen molar-refractivity contribution in [2.24, 2.45) is 11.1 Å². The molecular formula is C15H29NO. The van der Waals surface area contributed by atoms with Crippen LogP contribution >= 0.6 is 0 Å². The zero-order chi connectivity index (χ0) is 12.6. The average Bonchev–Trinajstić information content (AvgIpc) is 2.55. The standard InChI is InChI=1S/C15H29NO/c1-2-3-4-5-8-11-15(14(16)17)12-9-6-7-10-13-15/h2-13H2,1H3,(H2,16,17). The molecule has 17 heavy (non-hydrogen) atoms. The van der Waals surface area contributed by atoms with E-state index >= 15 is 0 Å². The first-order valence-electron chi connectivity index (χ1n) is 7.51. The molecule has 1 saturated carbocycles. The zero-order valence-corrected chi connectivity index (χ0v) is 11.5. The first kappa shape index (κ1) is 14.5. The van der Waals surface area contributed by atoms with Gasteiger partial charge in [-0.05, 0) is 19.3 Å². The molecule has 0 spiro atoms. The molecule has 0 aromatic rings. The summed E-state index contributed by atoms with van der Waals surface area (Å²) in [6.45, 7) is 2.23. The summed E-state index contributed by atoms with van der Waals surface area (Å²) < 4.78 is 0. The molecule has 0 saturated heterocycles. The third-order valence-corrected chi connectivity index (χ3v) is 4.34. The number of primary amides is 1. The SMILES string of the molecule is CCCCCCCC1(C(N)=O)CCCCCC1. The Balaban J connectivity index is 2.38. The van der Waals surface area contributed by atoms with Gasteiger partial charge in [0.15, 0.2) is 0 Å². The van der Waals surface area contributed by atoms with Gasteiger partial charge in [0.2, 0.25) is 5.91 Å². The van der Waals surface area contributed by atoms with E-state index in [4.69, 9.17) is 5.73 Å². The van der Waals surface area contributed by atoms with Crippen LogP contribution in [0.1, 0.15) is 84.0 Å². The van der Waals surface area contributed by atoms with E-state index in [1.165, 1.54) is 57.8 Å². The van der Waals surface area contributed by atoms with E-state index in [1.807, 2.05) is 0 Å². The zero-order valence-electron chi connectivity index (χ0n) is 11.5. The molecule has 1 aliphatic rings. The average molecular weight is 239 g/mol. The lowest BCUT2D eigenvalue weighted by Gasteiger charge is -2.29. The smallest absolute Gasteiger partial charge is 0.223 e. The molecule has 1 aliphatic carbocycles. The Kier molecular flexibility index (Phi) is 6.61. The molecule has 0 aliphatic heterocycles. The minimum Gasteiger partial charge on any atom is -0.369 e. The molecule has 100 valence electrons. The molecule has 0 unspecified atom stereocenters. The van der Waals surface area contributed by atoms with Crippen LogP contribution in [0, 0.1) is 5.41 Å². The summed E-state index contributed by atoms with van der Waals surface area (Å²) in [5.41, 5.74) is 5.52. The Morgan fingerprint density at radius 2 is 1.59 bits per heavy atom. The highest BCUT2D eigenvalue weighted by Crippen LogP contribution is 2.39. The molecule has 0 atom stereocenters. The van der Waals surface area contributed by atoms with Crippen molar-refractivity contribution in [2.45, 2.75) is 84.0 Å². The molecule has 2 heteroatoms. The second-order valence-electron chi connectivity index (χ2n) is 5.72. The van der Waals surface area contributed by atoms with Gasteiger partial charge in [0, 0.05) is 5.41 Å². The third kappa shape index (κ3) is 4.69. The van der Waals surface area contributed by atoms with Gasteiger partial charge in [0.1, 0.15) is 0 Å². The van der Waals surface area contributed by atoms with Crippen LogP contribution in [0.3, 0.4) is 0 Å². The highest BCUT2D eigenvalue weighted by molar-refractivity contribution is 5.80. The number of carbonyl (C=O) groups excluding carboxylic acids is 1. The van der Waals surface area contributed by atoms with E-state index in [9.17, 15) is 4.79 Å². The van der Waals surface area contributed by atoms with Gasteiger partial charge in [-0.1, -0.05) is 64.7 Å². The van der Waals surface area contributed by atoms with Crippen molar-refractivity contribution in [1.82, 2.24) is 0 Å². The third-order valence-electron chi connectivity index (χ3n) is 4.34. The fraction of sp³-hybridized carbons (Fsp3) is 0.933. The van der Waals surface area contributed by atoms with Crippen LogP contribution in [0.2, 0.25) is 0 Å². The van der Waals surface area contributed by atoms with Gasteiger partial charge in [-0.3, -0.25) is 4.79 Å². The van der Waals surface area contributed by atoms with E-state index in [-0.39, 0.29) is 11.3 Å². The van der Waals surface area contributed by atoms with Crippen molar-refractivity contribution in [1.29, 1.82) is 0 Å². The van der Waals surface area contributed by atoms with Crippen LogP contribution in [0.25, 0.3) is 0 Å². The normalized spacial score (nSPS) is 19.8. The topological polar surface area (TPSA) is 43.1 Å². The minimum atomic E-state index is -0.150. The van der Waals surface area contributed by atoms with Crippen LogP contribution in [-0.4, -0.2) is 5.91 Å². The Labute approximate surface area is 106 Å². The fourth-order valence-corrected chi connectivity index (χ4v) is 3.09. The monoisotopic (exact) mass is 239 g/mol. The van der Waals surface area contributed by atoms with Crippen LogP contribution in [0.15, 0.2) is 0 Å². The fourth-order valence-electron chi connectivity index (χ4n) is 3.09. The number of rotatable bonds is 7. The van der Waals surface area contributed by atoms with E-state index in [0.29, 0.717) is 0 Å². The first-order chi connectivity index (χ1) is 8.21. The number of amides is 1. The van der Waals surface area contributed by atoms with E-state index in [0.717, 1.165) is 19.3 Å². The number of unbranched alkanes of at least 4 members (excludes halogenated alkanes) is 4. The molecule has 1 amide bonds. The summed E-state index contributed by atoms with van der Waals surface area (Å²) in [5, 5.41) is 0. The summed E-state index contributed by atoms with van der Waals surface area (Å²) in [6, 6.07) is 0. The van der Waals surface area contributed by atoms with E-state index in [2.05, 4.69) is 6.92 Å². The second kappa shape index (κ2) is 7.73. The van der Waals surface area contributed by atoms with Crippen LogP contribution < -0.4 is 5.73 Å². The van der Waals surface area contributed by atoms with Crippen LogP contribution in [0.5, 0.6) is 0 Å². The lowest BCUT2D eigenvalue weighted by molar-refractivity contribution is -0.129. The lowest BCUT2D eigenvalue weighted by Crippen LogP contribution is -2.36. The van der Waals surface area contributed by atoms with Crippen molar-refractivity contribution in [3.63, 3.8) is 0 Å². The van der Waals surface area contributed by atoms with E-state index < -0.39 is 0 Å².